The molecule has 0 saturated carbocycles. The summed E-state index contributed by atoms with van der Waals surface area (Å²) in [4.78, 5) is 18.0. The van der Waals surface area contributed by atoms with Gasteiger partial charge in [-0.1, -0.05) is 11.6 Å². The van der Waals surface area contributed by atoms with Crippen molar-refractivity contribution in [1.82, 2.24) is 19.7 Å². The van der Waals surface area contributed by atoms with Crippen LogP contribution < -0.4 is 10.1 Å². The monoisotopic (exact) mass is 373 g/mol. The number of urea groups is 1. The predicted molar refractivity (Wildman–Crippen MR) is 101 cm³/mol. The molecule has 136 valence electrons. The normalized spacial score (nSPS) is 13.8. The number of carbonyl (C=O) groups is 1. The quantitative estimate of drug-likeness (QED) is 0.722. The number of aromatic nitrogens is 3. The number of methoxy groups -OCH3 is 1. The Morgan fingerprint density at radius 3 is 3.00 bits per heavy atom. The Morgan fingerprint density at radius 1 is 1.42 bits per heavy atom. The topological polar surface area (TPSA) is 75.2 Å². The molecule has 0 atom stereocenters. The van der Waals surface area contributed by atoms with Crippen molar-refractivity contribution in [3.05, 3.63) is 40.2 Å². The molecule has 0 fully saturated rings. The van der Waals surface area contributed by atoms with Crippen molar-refractivity contribution in [3.63, 3.8) is 0 Å². The molecule has 0 saturated heterocycles. The van der Waals surface area contributed by atoms with Crippen molar-refractivity contribution in [2.75, 3.05) is 19.0 Å². The van der Waals surface area contributed by atoms with Gasteiger partial charge in [0, 0.05) is 53.7 Å². The van der Waals surface area contributed by atoms with Crippen LogP contribution in [0.3, 0.4) is 0 Å². The molecule has 2 N–H and O–H groups in total. The lowest BCUT2D eigenvalue weighted by Crippen LogP contribution is -2.38. The van der Waals surface area contributed by atoms with E-state index in [0.717, 1.165) is 28.6 Å². The van der Waals surface area contributed by atoms with Crippen molar-refractivity contribution < 1.29 is 9.53 Å². The highest BCUT2D eigenvalue weighted by Crippen LogP contribution is 2.31. The van der Waals surface area contributed by atoms with Crippen molar-refractivity contribution in [2.45, 2.75) is 19.9 Å². The van der Waals surface area contributed by atoms with Crippen LogP contribution in [-0.4, -0.2) is 39.4 Å². The summed E-state index contributed by atoms with van der Waals surface area (Å²) in [6.07, 6.45) is 0.776. The highest BCUT2D eigenvalue weighted by Gasteiger charge is 2.26. The van der Waals surface area contributed by atoms with Gasteiger partial charge in [-0.05, 0) is 25.1 Å². The molecule has 1 aromatic carbocycles. The van der Waals surface area contributed by atoms with Gasteiger partial charge < -0.3 is 19.9 Å². The number of halogens is 1. The molecule has 3 aromatic rings. The number of nitrogens with zero attached hydrogens (tertiary/aromatic N) is 3. The van der Waals surface area contributed by atoms with Crippen LogP contribution >= 0.6 is 11.6 Å². The SMILES string of the molecule is COc1nn(C)c(C)c1NC(=O)N1CCc2[nH]c3ccc(Cl)cc3c2C1. The van der Waals surface area contributed by atoms with Gasteiger partial charge in [0.05, 0.1) is 12.8 Å². The minimum atomic E-state index is -0.165. The number of carbonyl (C=O) groups excluding carboxylic acids is 1. The Balaban J connectivity index is 1.60. The number of H-pyrrole nitrogens is 1. The summed E-state index contributed by atoms with van der Waals surface area (Å²) in [5, 5.41) is 8.95. The van der Waals surface area contributed by atoms with E-state index in [-0.39, 0.29) is 6.03 Å². The van der Waals surface area contributed by atoms with Crippen LogP contribution in [0.1, 0.15) is 17.0 Å². The van der Waals surface area contributed by atoms with Gasteiger partial charge in [-0.25, -0.2) is 4.79 Å². The van der Waals surface area contributed by atoms with Crippen molar-refractivity contribution in [2.24, 2.45) is 7.05 Å². The van der Waals surface area contributed by atoms with Crippen LogP contribution in [0.4, 0.5) is 10.5 Å². The van der Waals surface area contributed by atoms with Crippen LogP contribution in [0.2, 0.25) is 5.02 Å². The molecule has 7 nitrogen and oxygen atoms in total. The Labute approximate surface area is 155 Å². The van der Waals surface area contributed by atoms with E-state index in [4.69, 9.17) is 16.3 Å². The number of benzene rings is 1. The maximum atomic E-state index is 12.8. The fourth-order valence-corrected chi connectivity index (χ4v) is 3.58. The van der Waals surface area contributed by atoms with E-state index in [1.165, 1.54) is 5.69 Å². The van der Waals surface area contributed by atoms with Gasteiger partial charge in [-0.15, -0.1) is 5.10 Å². The van der Waals surface area contributed by atoms with Gasteiger partial charge in [0.25, 0.3) is 5.88 Å². The minimum absolute atomic E-state index is 0.165. The van der Waals surface area contributed by atoms with E-state index in [1.807, 2.05) is 32.2 Å². The molecule has 3 heterocycles. The smallest absolute Gasteiger partial charge is 0.322 e. The number of anilines is 1. The first-order chi connectivity index (χ1) is 12.5. The fraction of sp³-hybridized carbons (Fsp3) is 0.333. The molecule has 1 aliphatic heterocycles. The summed E-state index contributed by atoms with van der Waals surface area (Å²) < 4.78 is 6.95. The van der Waals surface area contributed by atoms with E-state index < -0.39 is 0 Å². The molecular formula is C18H20ClN5O2. The van der Waals surface area contributed by atoms with Gasteiger partial charge in [-0.3, -0.25) is 4.68 Å². The molecule has 8 heteroatoms. The van der Waals surface area contributed by atoms with Crippen LogP contribution in [0.15, 0.2) is 18.2 Å². The molecule has 0 spiro atoms. The maximum absolute atomic E-state index is 12.8. The van der Waals surface area contributed by atoms with E-state index >= 15 is 0 Å². The number of aryl methyl sites for hydroxylation is 1. The maximum Gasteiger partial charge on any atom is 0.322 e. The number of hydrogen-bond donors (Lipinski definition) is 2. The number of amides is 2. The third-order valence-electron chi connectivity index (χ3n) is 4.95. The number of aromatic amines is 1. The van der Waals surface area contributed by atoms with E-state index in [9.17, 15) is 4.79 Å². The van der Waals surface area contributed by atoms with Crippen LogP contribution in [-0.2, 0) is 20.0 Å². The summed E-state index contributed by atoms with van der Waals surface area (Å²) >= 11 is 6.15. The highest BCUT2D eigenvalue weighted by atomic mass is 35.5. The molecule has 0 bridgehead atoms. The zero-order chi connectivity index (χ0) is 18.4. The summed E-state index contributed by atoms with van der Waals surface area (Å²) in [7, 11) is 3.36. The average Bonchev–Trinajstić information content (AvgIpc) is 3.12. The lowest BCUT2D eigenvalue weighted by molar-refractivity contribution is 0.206. The van der Waals surface area contributed by atoms with Gasteiger partial charge in [-0.2, -0.15) is 0 Å². The molecule has 2 aromatic heterocycles. The average molecular weight is 374 g/mol. The molecule has 0 radical (unpaired) electrons. The molecule has 26 heavy (non-hydrogen) atoms. The molecule has 1 aliphatic rings. The summed E-state index contributed by atoms with van der Waals surface area (Å²) in [6.45, 7) is 3.06. The Bertz CT molecular complexity index is 1010. The number of hydrogen-bond acceptors (Lipinski definition) is 3. The largest absolute Gasteiger partial charge is 0.478 e. The zero-order valence-electron chi connectivity index (χ0n) is 14.9. The van der Waals surface area contributed by atoms with Gasteiger partial charge in [0.1, 0.15) is 5.69 Å². The number of fused-ring (bicyclic) bond motifs is 3. The zero-order valence-corrected chi connectivity index (χ0v) is 15.6. The summed E-state index contributed by atoms with van der Waals surface area (Å²) in [5.74, 6) is 0.412. The lowest BCUT2D eigenvalue weighted by atomic mass is 10.0. The number of nitrogens with one attached hydrogen (secondary N) is 2. The second-order valence-corrected chi connectivity index (χ2v) is 6.90. The second-order valence-electron chi connectivity index (χ2n) is 6.47. The van der Waals surface area contributed by atoms with Crippen LogP contribution in [0, 0.1) is 6.92 Å². The fourth-order valence-electron chi connectivity index (χ4n) is 3.41. The Kier molecular flexibility index (Phi) is 4.03. The number of ether oxygens (including phenoxy) is 1. The number of rotatable bonds is 2. The third-order valence-corrected chi connectivity index (χ3v) is 5.19. The standard InChI is InChI=1S/C18H20ClN5O2/c1-10-16(17(26-3)22-23(10)2)21-18(25)24-7-6-15-13(9-24)12-8-11(19)4-5-14(12)20-15/h4-5,8,20H,6-7,9H2,1-3H3,(H,21,25). The lowest BCUT2D eigenvalue weighted by Gasteiger charge is -2.27. The van der Waals surface area contributed by atoms with Crippen LogP contribution in [0.5, 0.6) is 5.88 Å². The second kappa shape index (κ2) is 6.25. The highest BCUT2D eigenvalue weighted by molar-refractivity contribution is 6.31. The van der Waals surface area contributed by atoms with Crippen molar-refractivity contribution >= 4 is 34.2 Å². The first-order valence-corrected chi connectivity index (χ1v) is 8.78. The van der Waals surface area contributed by atoms with E-state index in [2.05, 4.69) is 15.4 Å². The molecule has 2 amide bonds. The van der Waals surface area contributed by atoms with E-state index in [0.29, 0.717) is 29.7 Å². The summed E-state index contributed by atoms with van der Waals surface area (Å²) in [6, 6.07) is 5.63. The molecule has 0 aliphatic carbocycles. The first kappa shape index (κ1) is 16.8. The first-order valence-electron chi connectivity index (χ1n) is 8.40. The van der Waals surface area contributed by atoms with Crippen molar-refractivity contribution in [3.8, 4) is 5.88 Å². The van der Waals surface area contributed by atoms with Crippen molar-refractivity contribution in [1.29, 1.82) is 0 Å². The predicted octanol–water partition coefficient (Wildman–Crippen LogP) is 3.46. The van der Waals surface area contributed by atoms with Gasteiger partial charge in [0.2, 0.25) is 0 Å². The Hall–Kier alpha value is -2.67. The third kappa shape index (κ3) is 2.68. The van der Waals surface area contributed by atoms with Crippen LogP contribution in [0.25, 0.3) is 10.9 Å². The molecular weight excluding hydrogens is 354 g/mol. The van der Waals surface area contributed by atoms with E-state index in [1.54, 1.807) is 16.7 Å². The minimum Gasteiger partial charge on any atom is -0.478 e. The summed E-state index contributed by atoms with van der Waals surface area (Å²) in [5.41, 5.74) is 4.78. The van der Waals surface area contributed by atoms with Gasteiger partial charge >= 0.3 is 6.03 Å². The molecule has 4 rings (SSSR count). The van der Waals surface area contributed by atoms with Gasteiger partial charge in [0.15, 0.2) is 0 Å². The molecule has 0 unspecified atom stereocenters. The Morgan fingerprint density at radius 2 is 2.23 bits per heavy atom.